The average molecular weight is 197 g/mol. The molecule has 0 saturated carbocycles. The highest BCUT2D eigenvalue weighted by molar-refractivity contribution is 4.83. The molecular formula is C11H23N3. The van der Waals surface area contributed by atoms with Gasteiger partial charge in [-0.1, -0.05) is 20.8 Å². The fraction of sp³-hybridized carbons (Fsp3) is 0.909. The van der Waals surface area contributed by atoms with Gasteiger partial charge in [0.15, 0.2) is 0 Å². The third kappa shape index (κ3) is 4.59. The molecule has 0 aromatic carbocycles. The van der Waals surface area contributed by atoms with Crippen LogP contribution in [0.3, 0.4) is 0 Å². The number of nitrogens with two attached hydrogens (primary N) is 1. The molecule has 14 heavy (non-hydrogen) atoms. The second-order valence-corrected chi connectivity index (χ2v) is 4.71. The van der Waals surface area contributed by atoms with Crippen LogP contribution in [-0.4, -0.2) is 31.1 Å². The molecule has 0 fully saturated rings. The van der Waals surface area contributed by atoms with Gasteiger partial charge in [0.1, 0.15) is 0 Å². The largest absolute Gasteiger partial charge is 0.330 e. The van der Waals surface area contributed by atoms with Crippen LogP contribution in [0.15, 0.2) is 0 Å². The lowest BCUT2D eigenvalue weighted by Crippen LogP contribution is -2.41. The first kappa shape index (κ1) is 13.4. The molecule has 0 bridgehead atoms. The summed E-state index contributed by atoms with van der Waals surface area (Å²) in [6, 6.07) is 2.60. The summed E-state index contributed by atoms with van der Waals surface area (Å²) in [4.78, 5) is 2.25. The lowest BCUT2D eigenvalue weighted by atomic mass is 9.92. The molecular weight excluding hydrogens is 174 g/mol. The highest BCUT2D eigenvalue weighted by Crippen LogP contribution is 2.17. The van der Waals surface area contributed by atoms with Crippen LogP contribution in [-0.2, 0) is 0 Å². The molecule has 0 aromatic heterocycles. The molecule has 0 aliphatic carbocycles. The number of hydrogen-bond acceptors (Lipinski definition) is 3. The SMILES string of the molecule is CCC(CC#N)N(C)CC(C)(C)CN. The molecule has 3 nitrogen and oxygen atoms in total. The van der Waals surface area contributed by atoms with Gasteiger partial charge in [-0.2, -0.15) is 5.26 Å². The average Bonchev–Trinajstić information content (AvgIpc) is 2.13. The van der Waals surface area contributed by atoms with E-state index in [1.165, 1.54) is 0 Å². The van der Waals surface area contributed by atoms with Gasteiger partial charge < -0.3 is 10.6 Å². The minimum Gasteiger partial charge on any atom is -0.330 e. The normalized spacial score (nSPS) is 14.1. The predicted octanol–water partition coefficient (Wildman–Crippen LogP) is 1.60. The van der Waals surface area contributed by atoms with Crippen LogP contribution >= 0.6 is 0 Å². The Morgan fingerprint density at radius 2 is 2.07 bits per heavy atom. The minimum atomic E-state index is 0.137. The maximum atomic E-state index is 8.67. The van der Waals surface area contributed by atoms with E-state index >= 15 is 0 Å². The molecule has 0 heterocycles. The molecule has 0 rings (SSSR count). The van der Waals surface area contributed by atoms with E-state index in [4.69, 9.17) is 11.0 Å². The van der Waals surface area contributed by atoms with Crippen LogP contribution in [0.2, 0.25) is 0 Å². The van der Waals surface area contributed by atoms with Gasteiger partial charge in [-0.15, -0.1) is 0 Å². The Morgan fingerprint density at radius 1 is 1.50 bits per heavy atom. The molecule has 0 amide bonds. The van der Waals surface area contributed by atoms with Crippen molar-refractivity contribution in [1.29, 1.82) is 5.26 Å². The van der Waals surface area contributed by atoms with Crippen molar-refractivity contribution in [3.63, 3.8) is 0 Å². The zero-order valence-corrected chi connectivity index (χ0v) is 9.88. The van der Waals surface area contributed by atoms with Gasteiger partial charge in [0.25, 0.3) is 0 Å². The summed E-state index contributed by atoms with van der Waals surface area (Å²) in [5.41, 5.74) is 5.82. The van der Waals surface area contributed by atoms with Crippen LogP contribution < -0.4 is 5.73 Å². The highest BCUT2D eigenvalue weighted by atomic mass is 15.1. The molecule has 1 atom stereocenters. The second kappa shape index (κ2) is 6.00. The first-order chi connectivity index (χ1) is 6.46. The summed E-state index contributed by atoms with van der Waals surface area (Å²) in [7, 11) is 2.07. The van der Waals surface area contributed by atoms with Crippen molar-refractivity contribution < 1.29 is 0 Å². The van der Waals surface area contributed by atoms with Crippen LogP contribution in [0.5, 0.6) is 0 Å². The van der Waals surface area contributed by atoms with E-state index in [1.807, 2.05) is 0 Å². The van der Waals surface area contributed by atoms with E-state index in [0.29, 0.717) is 19.0 Å². The standard InChI is InChI=1S/C11H23N3/c1-5-10(6-7-12)14(4)9-11(2,3)8-13/h10H,5-6,8-9,13H2,1-4H3. The van der Waals surface area contributed by atoms with Crippen molar-refractivity contribution >= 4 is 0 Å². The van der Waals surface area contributed by atoms with Gasteiger partial charge in [0, 0.05) is 12.6 Å². The highest BCUT2D eigenvalue weighted by Gasteiger charge is 2.21. The first-order valence-corrected chi connectivity index (χ1v) is 5.24. The molecule has 82 valence electrons. The Hall–Kier alpha value is -0.590. The topological polar surface area (TPSA) is 53.0 Å². The summed E-state index contributed by atoms with van der Waals surface area (Å²) >= 11 is 0. The Kier molecular flexibility index (Phi) is 5.75. The van der Waals surface area contributed by atoms with Gasteiger partial charge in [0.2, 0.25) is 0 Å². The molecule has 2 N–H and O–H groups in total. The van der Waals surface area contributed by atoms with Crippen molar-refractivity contribution in [2.45, 2.75) is 39.7 Å². The fourth-order valence-electron chi connectivity index (χ4n) is 1.59. The Balaban J connectivity index is 4.17. The zero-order chi connectivity index (χ0) is 11.2. The van der Waals surface area contributed by atoms with Gasteiger partial charge in [-0.3, -0.25) is 0 Å². The number of rotatable bonds is 6. The zero-order valence-electron chi connectivity index (χ0n) is 9.88. The van der Waals surface area contributed by atoms with E-state index in [-0.39, 0.29) is 5.41 Å². The van der Waals surface area contributed by atoms with Gasteiger partial charge in [-0.25, -0.2) is 0 Å². The van der Waals surface area contributed by atoms with Gasteiger partial charge in [0.05, 0.1) is 12.5 Å². The van der Waals surface area contributed by atoms with Crippen molar-refractivity contribution in [1.82, 2.24) is 4.90 Å². The molecule has 0 saturated heterocycles. The Morgan fingerprint density at radius 3 is 2.43 bits per heavy atom. The van der Waals surface area contributed by atoms with E-state index in [2.05, 4.69) is 38.8 Å². The third-order valence-electron chi connectivity index (χ3n) is 2.65. The van der Waals surface area contributed by atoms with Crippen molar-refractivity contribution in [2.24, 2.45) is 11.1 Å². The molecule has 0 aliphatic heterocycles. The van der Waals surface area contributed by atoms with E-state index in [0.717, 1.165) is 13.0 Å². The first-order valence-electron chi connectivity index (χ1n) is 5.24. The smallest absolute Gasteiger partial charge is 0.0638 e. The Labute approximate surface area is 87.9 Å². The lowest BCUT2D eigenvalue weighted by molar-refractivity contribution is 0.162. The lowest BCUT2D eigenvalue weighted by Gasteiger charge is -2.33. The minimum absolute atomic E-state index is 0.137. The number of nitriles is 1. The third-order valence-corrected chi connectivity index (χ3v) is 2.65. The van der Waals surface area contributed by atoms with Crippen LogP contribution in [0.1, 0.15) is 33.6 Å². The second-order valence-electron chi connectivity index (χ2n) is 4.71. The fourth-order valence-corrected chi connectivity index (χ4v) is 1.59. The maximum absolute atomic E-state index is 8.67. The van der Waals surface area contributed by atoms with E-state index in [1.54, 1.807) is 0 Å². The maximum Gasteiger partial charge on any atom is 0.0638 e. The predicted molar refractivity (Wildman–Crippen MR) is 59.8 cm³/mol. The molecule has 0 radical (unpaired) electrons. The summed E-state index contributed by atoms with van der Waals surface area (Å²) in [6.45, 7) is 8.06. The Bertz CT molecular complexity index is 193. The van der Waals surface area contributed by atoms with Gasteiger partial charge >= 0.3 is 0 Å². The quantitative estimate of drug-likeness (QED) is 0.703. The van der Waals surface area contributed by atoms with Crippen molar-refractivity contribution in [3.8, 4) is 6.07 Å². The summed E-state index contributed by atoms with van der Waals surface area (Å²) < 4.78 is 0. The number of nitrogens with zero attached hydrogens (tertiary/aromatic N) is 2. The van der Waals surface area contributed by atoms with Crippen LogP contribution in [0.25, 0.3) is 0 Å². The molecule has 1 unspecified atom stereocenters. The number of hydrogen-bond donors (Lipinski definition) is 1. The van der Waals surface area contributed by atoms with E-state index < -0.39 is 0 Å². The monoisotopic (exact) mass is 197 g/mol. The molecule has 0 aliphatic rings. The molecule has 0 aromatic rings. The molecule has 0 spiro atoms. The van der Waals surface area contributed by atoms with Gasteiger partial charge in [-0.05, 0) is 25.4 Å². The molecule has 3 heteroatoms. The van der Waals surface area contributed by atoms with Crippen LogP contribution in [0.4, 0.5) is 0 Å². The summed E-state index contributed by atoms with van der Waals surface area (Å²) in [5, 5.41) is 8.67. The van der Waals surface area contributed by atoms with Crippen molar-refractivity contribution in [3.05, 3.63) is 0 Å². The summed E-state index contributed by atoms with van der Waals surface area (Å²) in [6.07, 6.45) is 1.62. The summed E-state index contributed by atoms with van der Waals surface area (Å²) in [5.74, 6) is 0. The van der Waals surface area contributed by atoms with Crippen LogP contribution in [0, 0.1) is 16.7 Å². The van der Waals surface area contributed by atoms with Crippen molar-refractivity contribution in [2.75, 3.05) is 20.1 Å². The van der Waals surface area contributed by atoms with E-state index in [9.17, 15) is 0 Å².